The molecule has 0 fully saturated rings. The van der Waals surface area contributed by atoms with Crippen LogP contribution in [0.5, 0.6) is 5.75 Å². The Morgan fingerprint density at radius 2 is 2.12 bits per heavy atom. The number of anilines is 1. The van der Waals surface area contributed by atoms with Crippen LogP contribution in [0.2, 0.25) is 0 Å². The Morgan fingerprint density at radius 1 is 1.33 bits per heavy atom. The summed E-state index contributed by atoms with van der Waals surface area (Å²) in [5.41, 5.74) is 2.19. The van der Waals surface area contributed by atoms with Gasteiger partial charge in [-0.1, -0.05) is 54.6 Å². The number of nitrogens with one attached hydrogen (secondary N) is 1. The van der Waals surface area contributed by atoms with Crippen molar-refractivity contribution in [3.8, 4) is 5.75 Å². The van der Waals surface area contributed by atoms with Crippen molar-refractivity contribution >= 4 is 34.1 Å². The predicted octanol–water partition coefficient (Wildman–Crippen LogP) is 4.45. The minimum Gasteiger partial charge on any atom is -0.480 e. The van der Waals surface area contributed by atoms with Gasteiger partial charge in [0.1, 0.15) is 5.75 Å². The molecule has 0 unspecified atom stereocenters. The lowest BCUT2D eigenvalue weighted by atomic mass is 10.1. The molecule has 0 bridgehead atoms. The molecule has 0 saturated heterocycles. The molecule has 1 N–H and O–H groups in total. The summed E-state index contributed by atoms with van der Waals surface area (Å²) in [7, 11) is 0. The van der Waals surface area contributed by atoms with Gasteiger partial charge in [0.2, 0.25) is 5.13 Å². The van der Waals surface area contributed by atoms with Gasteiger partial charge in [-0.25, -0.2) is 0 Å². The van der Waals surface area contributed by atoms with Crippen LogP contribution in [0.25, 0.3) is 0 Å². The van der Waals surface area contributed by atoms with Crippen molar-refractivity contribution in [1.82, 2.24) is 10.2 Å². The van der Waals surface area contributed by atoms with Crippen molar-refractivity contribution in [1.29, 1.82) is 0 Å². The maximum atomic E-state index is 12.4. The SMILES string of the molecule is CCCSc1nnc(NC(=O)[C@@H](CC)Oc2ccc(C)cc2C)s1. The van der Waals surface area contributed by atoms with Crippen molar-refractivity contribution in [2.75, 3.05) is 11.1 Å². The Bertz CT molecular complexity index is 688. The smallest absolute Gasteiger partial charge is 0.267 e. The van der Waals surface area contributed by atoms with Crippen LogP contribution in [-0.4, -0.2) is 28.0 Å². The molecule has 1 amide bonds. The molecular formula is C17H23N3O2S2. The zero-order valence-corrected chi connectivity index (χ0v) is 16.1. The monoisotopic (exact) mass is 365 g/mol. The molecule has 1 atom stereocenters. The van der Waals surface area contributed by atoms with Crippen molar-refractivity contribution in [2.45, 2.75) is 51.0 Å². The standard InChI is InChI=1S/C17H23N3O2S2/c1-5-9-23-17-20-19-16(24-17)18-15(21)13(6-2)22-14-8-7-11(3)10-12(14)4/h7-8,10,13H,5-6,9H2,1-4H3,(H,18,19,21)/t13-/m1/s1. The molecule has 2 rings (SSSR count). The van der Waals surface area contributed by atoms with Gasteiger partial charge >= 0.3 is 0 Å². The zero-order valence-electron chi connectivity index (χ0n) is 14.5. The summed E-state index contributed by atoms with van der Waals surface area (Å²) in [5.74, 6) is 1.54. The van der Waals surface area contributed by atoms with Gasteiger partial charge in [-0.3, -0.25) is 10.1 Å². The van der Waals surface area contributed by atoms with Crippen LogP contribution in [0.4, 0.5) is 5.13 Å². The number of hydrogen-bond donors (Lipinski definition) is 1. The number of carbonyl (C=O) groups excluding carboxylic acids is 1. The van der Waals surface area contributed by atoms with E-state index in [0.29, 0.717) is 11.6 Å². The van der Waals surface area contributed by atoms with Crippen molar-refractivity contribution in [2.24, 2.45) is 0 Å². The second-order valence-electron chi connectivity index (χ2n) is 5.49. The van der Waals surface area contributed by atoms with Gasteiger partial charge in [0, 0.05) is 5.75 Å². The number of rotatable bonds is 8. The number of thioether (sulfide) groups is 1. The van der Waals surface area contributed by atoms with Crippen molar-refractivity contribution in [3.63, 3.8) is 0 Å². The molecule has 0 saturated carbocycles. The third-order valence-corrected chi connectivity index (χ3v) is 5.51. The molecule has 24 heavy (non-hydrogen) atoms. The Morgan fingerprint density at radius 3 is 2.79 bits per heavy atom. The Labute approximate surface area is 151 Å². The summed E-state index contributed by atoms with van der Waals surface area (Å²) < 4.78 is 6.77. The second-order valence-corrected chi connectivity index (χ2v) is 7.81. The summed E-state index contributed by atoms with van der Waals surface area (Å²) in [6.07, 6.45) is 1.10. The average Bonchev–Trinajstić information content (AvgIpc) is 2.99. The van der Waals surface area contributed by atoms with Crippen LogP contribution >= 0.6 is 23.1 Å². The zero-order chi connectivity index (χ0) is 17.5. The molecule has 0 aliphatic rings. The van der Waals surface area contributed by atoms with Gasteiger partial charge in [0.25, 0.3) is 5.91 Å². The maximum Gasteiger partial charge on any atom is 0.267 e. The van der Waals surface area contributed by atoms with Gasteiger partial charge < -0.3 is 4.74 Å². The van der Waals surface area contributed by atoms with Crippen molar-refractivity contribution in [3.05, 3.63) is 29.3 Å². The van der Waals surface area contributed by atoms with Crippen LogP contribution in [0.1, 0.15) is 37.8 Å². The fourth-order valence-corrected chi connectivity index (χ4v) is 3.78. The van der Waals surface area contributed by atoms with Gasteiger partial charge in [-0.15, -0.1) is 10.2 Å². The van der Waals surface area contributed by atoms with Crippen LogP contribution in [0.15, 0.2) is 22.5 Å². The molecule has 0 spiro atoms. The first kappa shape index (κ1) is 18.7. The molecule has 7 heteroatoms. The number of hydrogen-bond acceptors (Lipinski definition) is 6. The number of carbonyl (C=O) groups is 1. The number of aryl methyl sites for hydroxylation is 2. The van der Waals surface area contributed by atoms with Gasteiger partial charge in [0.15, 0.2) is 10.4 Å². The van der Waals surface area contributed by atoms with Crippen molar-refractivity contribution < 1.29 is 9.53 Å². The molecule has 0 aliphatic carbocycles. The van der Waals surface area contributed by atoms with E-state index in [2.05, 4.69) is 22.4 Å². The van der Waals surface area contributed by atoms with Crippen LogP contribution in [-0.2, 0) is 4.79 Å². The second kappa shape index (κ2) is 9.03. The lowest BCUT2D eigenvalue weighted by Gasteiger charge is -2.18. The molecule has 2 aromatic rings. The van der Waals surface area contributed by atoms with E-state index in [1.54, 1.807) is 11.8 Å². The van der Waals surface area contributed by atoms with Crippen LogP contribution < -0.4 is 10.1 Å². The number of ether oxygens (including phenoxy) is 1. The third-order valence-electron chi connectivity index (χ3n) is 3.33. The minimum absolute atomic E-state index is 0.194. The van der Waals surface area contributed by atoms with E-state index < -0.39 is 6.10 Å². The van der Waals surface area contributed by atoms with E-state index in [-0.39, 0.29) is 5.91 Å². The first-order valence-corrected chi connectivity index (χ1v) is 9.84. The van der Waals surface area contributed by atoms with E-state index in [9.17, 15) is 4.79 Å². The fourth-order valence-electron chi connectivity index (χ4n) is 2.10. The van der Waals surface area contributed by atoms with Crippen LogP contribution in [0.3, 0.4) is 0 Å². The summed E-state index contributed by atoms with van der Waals surface area (Å²) in [5, 5.41) is 11.4. The highest BCUT2D eigenvalue weighted by atomic mass is 32.2. The van der Waals surface area contributed by atoms with E-state index in [0.717, 1.165) is 27.8 Å². The van der Waals surface area contributed by atoms with E-state index in [4.69, 9.17) is 4.74 Å². The number of benzene rings is 1. The molecule has 0 radical (unpaired) electrons. The summed E-state index contributed by atoms with van der Waals surface area (Å²) in [6, 6.07) is 5.93. The first-order chi connectivity index (χ1) is 11.5. The molecule has 1 aromatic carbocycles. The van der Waals surface area contributed by atoms with E-state index >= 15 is 0 Å². The Balaban J connectivity index is 1.99. The number of amides is 1. The van der Waals surface area contributed by atoms with Gasteiger partial charge in [0.05, 0.1) is 0 Å². The summed E-state index contributed by atoms with van der Waals surface area (Å²) in [6.45, 7) is 8.06. The predicted molar refractivity (Wildman–Crippen MR) is 100 cm³/mol. The topological polar surface area (TPSA) is 64.1 Å². The first-order valence-electron chi connectivity index (χ1n) is 8.04. The highest BCUT2D eigenvalue weighted by molar-refractivity contribution is 8.01. The third kappa shape index (κ3) is 5.21. The molecule has 1 heterocycles. The molecular weight excluding hydrogens is 342 g/mol. The van der Waals surface area contributed by atoms with Gasteiger partial charge in [-0.05, 0) is 38.3 Å². The van der Waals surface area contributed by atoms with E-state index in [1.165, 1.54) is 16.9 Å². The quantitative estimate of drug-likeness (QED) is 0.553. The molecule has 130 valence electrons. The number of aromatic nitrogens is 2. The van der Waals surface area contributed by atoms with E-state index in [1.807, 2.05) is 39.0 Å². The normalized spacial score (nSPS) is 12.0. The van der Waals surface area contributed by atoms with Gasteiger partial charge in [-0.2, -0.15) is 0 Å². The summed E-state index contributed by atoms with van der Waals surface area (Å²) in [4.78, 5) is 12.4. The fraction of sp³-hybridized carbons (Fsp3) is 0.471. The maximum absolute atomic E-state index is 12.4. The highest BCUT2D eigenvalue weighted by Gasteiger charge is 2.21. The molecule has 1 aromatic heterocycles. The lowest BCUT2D eigenvalue weighted by molar-refractivity contribution is -0.122. The minimum atomic E-state index is -0.554. The molecule has 0 aliphatic heterocycles. The van der Waals surface area contributed by atoms with Crippen LogP contribution in [0, 0.1) is 13.8 Å². The Kier molecular flexibility index (Phi) is 7.05. The molecule has 5 nitrogen and oxygen atoms in total. The number of nitrogens with zero attached hydrogens (tertiary/aromatic N) is 2. The largest absolute Gasteiger partial charge is 0.480 e. The lowest BCUT2D eigenvalue weighted by Crippen LogP contribution is -2.32. The Hall–Kier alpha value is -1.60. The highest BCUT2D eigenvalue weighted by Crippen LogP contribution is 2.26. The average molecular weight is 366 g/mol. The summed E-state index contributed by atoms with van der Waals surface area (Å²) >= 11 is 3.04.